The fraction of sp³-hybridized carbons (Fsp3) is 0.286. The maximum absolute atomic E-state index is 13.1. The summed E-state index contributed by atoms with van der Waals surface area (Å²) in [6.07, 6.45) is 0.336. The van der Waals surface area contributed by atoms with E-state index in [9.17, 15) is 8.78 Å². The van der Waals surface area contributed by atoms with E-state index in [0.717, 1.165) is 36.1 Å². The Balaban J connectivity index is 1.93. The van der Waals surface area contributed by atoms with Gasteiger partial charge in [0.05, 0.1) is 5.69 Å². The van der Waals surface area contributed by atoms with Gasteiger partial charge in [0.25, 0.3) is 0 Å². The number of fused-ring (bicyclic) bond motifs is 1. The predicted octanol–water partition coefficient (Wildman–Crippen LogP) is 2.26. The van der Waals surface area contributed by atoms with Crippen molar-refractivity contribution in [2.45, 2.75) is 26.4 Å². The molecule has 98 valence electrons. The highest BCUT2D eigenvalue weighted by Gasteiger charge is 2.16. The zero-order valence-electron chi connectivity index (χ0n) is 10.5. The molecule has 1 aromatic heterocycles. The standard InChI is InChI=1S/C14H13F2N3/c1-8-12-6-17-7-13(12)19-14(18-8)4-9-2-10(15)5-11(16)3-9/h2-3,5,17H,4,6-7H2,1H3. The number of hydrogen-bond donors (Lipinski definition) is 1. The summed E-state index contributed by atoms with van der Waals surface area (Å²) in [6, 6.07) is 3.49. The van der Waals surface area contributed by atoms with Gasteiger partial charge in [-0.15, -0.1) is 0 Å². The monoisotopic (exact) mass is 261 g/mol. The van der Waals surface area contributed by atoms with E-state index < -0.39 is 11.6 Å². The number of halogens is 2. The zero-order valence-corrected chi connectivity index (χ0v) is 10.5. The molecule has 0 fully saturated rings. The summed E-state index contributed by atoms with van der Waals surface area (Å²) < 4.78 is 26.3. The Kier molecular flexibility index (Phi) is 2.98. The van der Waals surface area contributed by atoms with Crippen molar-refractivity contribution in [2.24, 2.45) is 0 Å². The van der Waals surface area contributed by atoms with Crippen molar-refractivity contribution in [1.82, 2.24) is 15.3 Å². The van der Waals surface area contributed by atoms with Gasteiger partial charge < -0.3 is 5.32 Å². The lowest BCUT2D eigenvalue weighted by molar-refractivity contribution is 0.580. The minimum Gasteiger partial charge on any atom is -0.307 e. The number of nitrogens with zero attached hydrogens (tertiary/aromatic N) is 2. The number of aromatic nitrogens is 2. The van der Waals surface area contributed by atoms with Crippen molar-refractivity contribution in [2.75, 3.05) is 0 Å². The van der Waals surface area contributed by atoms with Gasteiger partial charge in [0.15, 0.2) is 0 Å². The Labute approximate surface area is 109 Å². The molecule has 1 N–H and O–H groups in total. The van der Waals surface area contributed by atoms with Gasteiger partial charge >= 0.3 is 0 Å². The van der Waals surface area contributed by atoms with Crippen LogP contribution in [0.15, 0.2) is 18.2 Å². The Hall–Kier alpha value is -1.88. The molecule has 2 aromatic rings. The molecule has 2 heterocycles. The number of rotatable bonds is 2. The van der Waals surface area contributed by atoms with Crippen molar-refractivity contribution in [1.29, 1.82) is 0 Å². The highest BCUT2D eigenvalue weighted by molar-refractivity contribution is 5.30. The van der Waals surface area contributed by atoms with Gasteiger partial charge in [-0.05, 0) is 24.6 Å². The average molecular weight is 261 g/mol. The van der Waals surface area contributed by atoms with E-state index in [1.807, 2.05) is 6.92 Å². The van der Waals surface area contributed by atoms with Crippen molar-refractivity contribution >= 4 is 0 Å². The maximum atomic E-state index is 13.1. The molecule has 0 spiro atoms. The smallest absolute Gasteiger partial charge is 0.133 e. The summed E-state index contributed by atoms with van der Waals surface area (Å²) in [7, 11) is 0. The molecule has 0 saturated heterocycles. The topological polar surface area (TPSA) is 37.8 Å². The van der Waals surface area contributed by atoms with E-state index in [0.29, 0.717) is 17.8 Å². The molecule has 1 aliphatic heterocycles. The van der Waals surface area contributed by atoms with Crippen LogP contribution in [-0.2, 0) is 19.5 Å². The van der Waals surface area contributed by atoms with Crippen molar-refractivity contribution in [3.8, 4) is 0 Å². The zero-order chi connectivity index (χ0) is 13.4. The Morgan fingerprint density at radius 2 is 1.84 bits per heavy atom. The van der Waals surface area contributed by atoms with Crippen LogP contribution in [-0.4, -0.2) is 9.97 Å². The Morgan fingerprint density at radius 1 is 1.11 bits per heavy atom. The third-order valence-corrected chi connectivity index (χ3v) is 3.22. The lowest BCUT2D eigenvalue weighted by atomic mass is 10.1. The molecule has 0 radical (unpaired) electrons. The first-order valence-corrected chi connectivity index (χ1v) is 6.13. The van der Waals surface area contributed by atoms with E-state index in [1.54, 1.807) is 0 Å². The number of nitrogens with one attached hydrogen (secondary N) is 1. The number of aryl methyl sites for hydroxylation is 1. The molecule has 0 aliphatic carbocycles. The molecular formula is C14H13F2N3. The highest BCUT2D eigenvalue weighted by Crippen LogP contribution is 2.18. The Bertz CT molecular complexity index is 621. The fourth-order valence-corrected chi connectivity index (χ4v) is 2.37. The minimum absolute atomic E-state index is 0.336. The van der Waals surface area contributed by atoms with E-state index in [1.165, 1.54) is 12.1 Å². The second-order valence-electron chi connectivity index (χ2n) is 4.71. The van der Waals surface area contributed by atoms with Crippen LogP contribution >= 0.6 is 0 Å². The second-order valence-corrected chi connectivity index (χ2v) is 4.71. The van der Waals surface area contributed by atoms with Crippen LogP contribution < -0.4 is 5.32 Å². The summed E-state index contributed by atoms with van der Waals surface area (Å²) in [5.41, 5.74) is 3.60. The molecule has 0 bridgehead atoms. The largest absolute Gasteiger partial charge is 0.307 e. The molecule has 3 rings (SSSR count). The van der Waals surface area contributed by atoms with Crippen molar-refractivity contribution in [3.05, 3.63) is 58.2 Å². The van der Waals surface area contributed by atoms with Crippen molar-refractivity contribution < 1.29 is 8.78 Å². The molecule has 1 aliphatic rings. The van der Waals surface area contributed by atoms with E-state index in [2.05, 4.69) is 15.3 Å². The third kappa shape index (κ3) is 2.46. The van der Waals surface area contributed by atoms with Gasteiger partial charge in [0.2, 0.25) is 0 Å². The van der Waals surface area contributed by atoms with Gasteiger partial charge in [-0.1, -0.05) is 0 Å². The number of hydrogen-bond acceptors (Lipinski definition) is 3. The SMILES string of the molecule is Cc1nc(Cc2cc(F)cc(F)c2)nc2c1CNC2. The Morgan fingerprint density at radius 3 is 2.58 bits per heavy atom. The van der Waals surface area contributed by atoms with Gasteiger partial charge in [-0.3, -0.25) is 0 Å². The van der Waals surface area contributed by atoms with Crippen LogP contribution in [0.5, 0.6) is 0 Å². The van der Waals surface area contributed by atoms with Crippen LogP contribution in [0.2, 0.25) is 0 Å². The molecule has 0 unspecified atom stereocenters. The van der Waals surface area contributed by atoms with Gasteiger partial charge in [-0.25, -0.2) is 18.7 Å². The number of benzene rings is 1. The predicted molar refractivity (Wildman–Crippen MR) is 66.5 cm³/mol. The lowest BCUT2D eigenvalue weighted by Crippen LogP contribution is -2.04. The first kappa shape index (κ1) is 12.2. The lowest BCUT2D eigenvalue weighted by Gasteiger charge is -2.06. The van der Waals surface area contributed by atoms with Crippen LogP contribution in [0.3, 0.4) is 0 Å². The quantitative estimate of drug-likeness (QED) is 0.901. The third-order valence-electron chi connectivity index (χ3n) is 3.22. The first-order valence-electron chi connectivity index (χ1n) is 6.13. The molecule has 19 heavy (non-hydrogen) atoms. The van der Waals surface area contributed by atoms with Crippen molar-refractivity contribution in [3.63, 3.8) is 0 Å². The summed E-state index contributed by atoms with van der Waals surface area (Å²) in [5, 5.41) is 3.22. The van der Waals surface area contributed by atoms with E-state index >= 15 is 0 Å². The summed E-state index contributed by atoms with van der Waals surface area (Å²) in [5.74, 6) is -0.547. The van der Waals surface area contributed by atoms with E-state index in [4.69, 9.17) is 0 Å². The van der Waals surface area contributed by atoms with Crippen LogP contribution in [0.25, 0.3) is 0 Å². The molecule has 1 aromatic carbocycles. The summed E-state index contributed by atoms with van der Waals surface area (Å²) >= 11 is 0. The molecule has 0 amide bonds. The summed E-state index contributed by atoms with van der Waals surface area (Å²) in [4.78, 5) is 8.85. The van der Waals surface area contributed by atoms with E-state index in [-0.39, 0.29) is 0 Å². The van der Waals surface area contributed by atoms with Crippen LogP contribution in [0.1, 0.15) is 28.3 Å². The average Bonchev–Trinajstić information content (AvgIpc) is 2.75. The van der Waals surface area contributed by atoms with Crippen LogP contribution in [0.4, 0.5) is 8.78 Å². The van der Waals surface area contributed by atoms with Crippen LogP contribution in [0, 0.1) is 18.6 Å². The normalized spacial score (nSPS) is 13.6. The minimum atomic E-state index is -0.574. The molecule has 0 saturated carbocycles. The molecule has 3 nitrogen and oxygen atoms in total. The summed E-state index contributed by atoms with van der Waals surface area (Å²) in [6.45, 7) is 3.45. The molecular weight excluding hydrogens is 248 g/mol. The first-order chi connectivity index (χ1) is 9.11. The second kappa shape index (κ2) is 4.66. The van der Waals surface area contributed by atoms with Gasteiger partial charge in [0, 0.05) is 36.8 Å². The molecule has 5 heteroatoms. The van der Waals surface area contributed by atoms with Gasteiger partial charge in [0.1, 0.15) is 17.5 Å². The van der Waals surface area contributed by atoms with Gasteiger partial charge in [-0.2, -0.15) is 0 Å². The fourth-order valence-electron chi connectivity index (χ4n) is 2.37. The molecule has 0 atom stereocenters. The maximum Gasteiger partial charge on any atom is 0.133 e. The highest BCUT2D eigenvalue weighted by atomic mass is 19.1.